The summed E-state index contributed by atoms with van der Waals surface area (Å²) < 4.78 is 11.5. The van der Waals surface area contributed by atoms with Gasteiger partial charge in [0.25, 0.3) is 0 Å². The lowest BCUT2D eigenvalue weighted by atomic mass is 9.97. The minimum Gasteiger partial charge on any atom is -0.493 e. The topological polar surface area (TPSA) is 30.5 Å². The van der Waals surface area contributed by atoms with Crippen LogP contribution < -0.4 is 14.8 Å². The number of aryl methyl sites for hydroxylation is 1. The average molecular weight is 219 g/mol. The molecule has 2 aliphatic rings. The summed E-state index contributed by atoms with van der Waals surface area (Å²) in [5.41, 5.74) is 3.72. The first-order chi connectivity index (χ1) is 7.90. The first-order valence-electron chi connectivity index (χ1n) is 6.02. The number of anilines is 1. The van der Waals surface area contributed by atoms with E-state index in [0.717, 1.165) is 56.1 Å². The Morgan fingerprint density at radius 3 is 2.81 bits per heavy atom. The molecule has 0 atom stereocenters. The third-order valence-corrected chi connectivity index (χ3v) is 3.34. The van der Waals surface area contributed by atoms with E-state index in [0.29, 0.717) is 0 Å². The summed E-state index contributed by atoms with van der Waals surface area (Å²) in [6.45, 7) is 1.68. The largest absolute Gasteiger partial charge is 0.493 e. The molecule has 86 valence electrons. The van der Waals surface area contributed by atoms with Crippen molar-refractivity contribution < 1.29 is 9.47 Å². The second-order valence-electron chi connectivity index (χ2n) is 4.37. The highest BCUT2D eigenvalue weighted by Crippen LogP contribution is 2.42. The number of fused-ring (bicyclic) bond motifs is 2. The molecule has 16 heavy (non-hydrogen) atoms. The Labute approximate surface area is 95.8 Å². The molecular formula is C13H17NO2. The quantitative estimate of drug-likeness (QED) is 0.786. The molecule has 3 heteroatoms. The fourth-order valence-electron chi connectivity index (χ4n) is 2.59. The number of benzene rings is 1. The van der Waals surface area contributed by atoms with Gasteiger partial charge in [-0.3, -0.25) is 0 Å². The Morgan fingerprint density at radius 2 is 1.94 bits per heavy atom. The van der Waals surface area contributed by atoms with Crippen LogP contribution in [0.1, 0.15) is 24.0 Å². The van der Waals surface area contributed by atoms with Crippen LogP contribution in [0.5, 0.6) is 11.5 Å². The van der Waals surface area contributed by atoms with Crippen LogP contribution in [-0.2, 0) is 12.8 Å². The zero-order valence-electron chi connectivity index (χ0n) is 9.64. The van der Waals surface area contributed by atoms with Crippen molar-refractivity contribution in [2.75, 3.05) is 25.6 Å². The highest BCUT2D eigenvalue weighted by Gasteiger charge is 2.23. The van der Waals surface area contributed by atoms with E-state index in [1.54, 1.807) is 0 Å². The van der Waals surface area contributed by atoms with Gasteiger partial charge in [-0.25, -0.2) is 0 Å². The standard InChI is InChI=1S/C13H17NO2/c1-14-12-10-5-3-6-15-11(10)8-9-4-2-7-16-13(9)12/h8,14H,2-7H2,1H3. The Morgan fingerprint density at radius 1 is 1.12 bits per heavy atom. The van der Waals surface area contributed by atoms with Crippen molar-refractivity contribution in [1.82, 2.24) is 0 Å². The molecule has 0 saturated carbocycles. The minimum absolute atomic E-state index is 0.835. The van der Waals surface area contributed by atoms with Crippen molar-refractivity contribution in [3.05, 3.63) is 17.2 Å². The first-order valence-corrected chi connectivity index (χ1v) is 6.02. The number of rotatable bonds is 1. The van der Waals surface area contributed by atoms with Crippen molar-refractivity contribution in [2.45, 2.75) is 25.7 Å². The van der Waals surface area contributed by atoms with Crippen molar-refractivity contribution in [1.29, 1.82) is 0 Å². The zero-order chi connectivity index (χ0) is 11.0. The predicted molar refractivity (Wildman–Crippen MR) is 63.6 cm³/mol. The van der Waals surface area contributed by atoms with Gasteiger partial charge in [0.1, 0.15) is 11.5 Å². The fourth-order valence-corrected chi connectivity index (χ4v) is 2.59. The molecule has 2 heterocycles. The van der Waals surface area contributed by atoms with Gasteiger partial charge in [0.05, 0.1) is 18.9 Å². The van der Waals surface area contributed by atoms with E-state index in [1.165, 1.54) is 11.1 Å². The number of hydrogen-bond acceptors (Lipinski definition) is 3. The fraction of sp³-hybridized carbons (Fsp3) is 0.538. The summed E-state index contributed by atoms with van der Waals surface area (Å²) in [6, 6.07) is 2.17. The second kappa shape index (κ2) is 3.89. The van der Waals surface area contributed by atoms with Crippen molar-refractivity contribution in [2.24, 2.45) is 0 Å². The molecule has 0 amide bonds. The van der Waals surface area contributed by atoms with E-state index >= 15 is 0 Å². The van der Waals surface area contributed by atoms with E-state index in [9.17, 15) is 0 Å². The van der Waals surface area contributed by atoms with E-state index < -0.39 is 0 Å². The maximum atomic E-state index is 5.79. The molecule has 0 aliphatic carbocycles. The molecule has 0 spiro atoms. The first kappa shape index (κ1) is 9.82. The van der Waals surface area contributed by atoms with Gasteiger partial charge in [-0.1, -0.05) is 0 Å². The Kier molecular flexibility index (Phi) is 2.39. The Hall–Kier alpha value is -1.38. The summed E-state index contributed by atoms with van der Waals surface area (Å²) in [6.07, 6.45) is 4.39. The predicted octanol–water partition coefficient (Wildman–Crippen LogP) is 2.38. The van der Waals surface area contributed by atoms with E-state index in [2.05, 4.69) is 11.4 Å². The van der Waals surface area contributed by atoms with Gasteiger partial charge in [-0.2, -0.15) is 0 Å². The van der Waals surface area contributed by atoms with Crippen LogP contribution in [-0.4, -0.2) is 20.3 Å². The van der Waals surface area contributed by atoms with Crippen molar-refractivity contribution >= 4 is 5.69 Å². The zero-order valence-corrected chi connectivity index (χ0v) is 9.64. The molecule has 3 rings (SSSR count). The van der Waals surface area contributed by atoms with E-state index in [1.807, 2.05) is 7.05 Å². The minimum atomic E-state index is 0.835. The molecular weight excluding hydrogens is 202 g/mol. The normalized spacial score (nSPS) is 17.8. The van der Waals surface area contributed by atoms with Crippen LogP contribution in [0.15, 0.2) is 6.07 Å². The smallest absolute Gasteiger partial charge is 0.146 e. The van der Waals surface area contributed by atoms with Crippen molar-refractivity contribution in [3.63, 3.8) is 0 Å². The second-order valence-corrected chi connectivity index (χ2v) is 4.37. The summed E-state index contributed by atoms with van der Waals surface area (Å²) in [5.74, 6) is 2.11. The average Bonchev–Trinajstić information content (AvgIpc) is 2.36. The van der Waals surface area contributed by atoms with E-state index in [4.69, 9.17) is 9.47 Å². The molecule has 1 N–H and O–H groups in total. The molecule has 0 unspecified atom stereocenters. The molecule has 0 saturated heterocycles. The van der Waals surface area contributed by atoms with Gasteiger partial charge in [0.2, 0.25) is 0 Å². The van der Waals surface area contributed by atoms with Gasteiger partial charge in [-0.05, 0) is 31.7 Å². The lowest BCUT2D eigenvalue weighted by molar-refractivity contribution is 0.274. The molecule has 2 aliphatic heterocycles. The Balaban J connectivity index is 2.16. The van der Waals surface area contributed by atoms with Gasteiger partial charge < -0.3 is 14.8 Å². The van der Waals surface area contributed by atoms with Crippen LogP contribution in [0.25, 0.3) is 0 Å². The monoisotopic (exact) mass is 219 g/mol. The third-order valence-electron chi connectivity index (χ3n) is 3.34. The summed E-state index contributed by atoms with van der Waals surface area (Å²) in [4.78, 5) is 0. The summed E-state index contributed by atoms with van der Waals surface area (Å²) >= 11 is 0. The highest BCUT2D eigenvalue weighted by molar-refractivity contribution is 5.70. The summed E-state index contributed by atoms with van der Waals surface area (Å²) in [7, 11) is 1.96. The molecule has 1 aromatic rings. The van der Waals surface area contributed by atoms with Gasteiger partial charge >= 0.3 is 0 Å². The van der Waals surface area contributed by atoms with Crippen LogP contribution in [0.3, 0.4) is 0 Å². The molecule has 0 aromatic heterocycles. The molecule has 1 aromatic carbocycles. The lowest BCUT2D eigenvalue weighted by Gasteiger charge is -2.27. The highest BCUT2D eigenvalue weighted by atomic mass is 16.5. The Bertz CT molecular complexity index is 381. The van der Waals surface area contributed by atoms with Crippen LogP contribution >= 0.6 is 0 Å². The third kappa shape index (κ3) is 1.42. The maximum absolute atomic E-state index is 5.79. The molecule has 0 bridgehead atoms. The van der Waals surface area contributed by atoms with Gasteiger partial charge in [0.15, 0.2) is 0 Å². The van der Waals surface area contributed by atoms with Gasteiger partial charge in [-0.15, -0.1) is 0 Å². The number of nitrogens with one attached hydrogen (secondary N) is 1. The van der Waals surface area contributed by atoms with Crippen LogP contribution in [0, 0.1) is 0 Å². The molecule has 0 fully saturated rings. The number of hydrogen-bond donors (Lipinski definition) is 1. The van der Waals surface area contributed by atoms with Crippen LogP contribution in [0.4, 0.5) is 5.69 Å². The SMILES string of the molecule is CNc1c2c(cc3c1OCCC3)OCCC2. The van der Waals surface area contributed by atoms with Crippen LogP contribution in [0.2, 0.25) is 0 Å². The molecule has 0 radical (unpaired) electrons. The molecule has 3 nitrogen and oxygen atoms in total. The lowest BCUT2D eigenvalue weighted by Crippen LogP contribution is -2.16. The number of ether oxygens (including phenoxy) is 2. The van der Waals surface area contributed by atoms with Gasteiger partial charge in [0, 0.05) is 18.2 Å². The summed E-state index contributed by atoms with van der Waals surface area (Å²) in [5, 5.41) is 3.28. The van der Waals surface area contributed by atoms with E-state index in [-0.39, 0.29) is 0 Å². The maximum Gasteiger partial charge on any atom is 0.146 e. The van der Waals surface area contributed by atoms with Crippen molar-refractivity contribution in [3.8, 4) is 11.5 Å².